The van der Waals surface area contributed by atoms with Crippen LogP contribution >= 0.6 is 33.9 Å². The zero-order valence-electron chi connectivity index (χ0n) is 7.03. The Morgan fingerprint density at radius 1 is 1.77 bits per heavy atom. The van der Waals surface area contributed by atoms with Crippen molar-refractivity contribution >= 4 is 39.7 Å². The number of ketones is 1. The maximum absolute atomic E-state index is 11.1. The van der Waals surface area contributed by atoms with Crippen LogP contribution in [0.25, 0.3) is 0 Å². The second kappa shape index (κ2) is 4.88. The topological polar surface area (TPSA) is 37.3 Å². The van der Waals surface area contributed by atoms with E-state index in [-0.39, 0.29) is 5.78 Å². The van der Waals surface area contributed by atoms with Gasteiger partial charge in [-0.15, -0.1) is 11.3 Å². The molecule has 0 aliphatic carbocycles. The molecule has 4 heteroatoms. The first kappa shape index (κ1) is 10.9. The van der Waals surface area contributed by atoms with Crippen LogP contribution in [0.4, 0.5) is 0 Å². The minimum absolute atomic E-state index is 0.0877. The zero-order chi connectivity index (χ0) is 9.84. The van der Waals surface area contributed by atoms with Crippen molar-refractivity contribution in [2.45, 2.75) is 13.0 Å². The molecule has 0 saturated carbocycles. The highest BCUT2D eigenvalue weighted by atomic mass is 127. The van der Waals surface area contributed by atoms with Gasteiger partial charge in [0.1, 0.15) is 6.10 Å². The molecule has 0 aliphatic heterocycles. The van der Waals surface area contributed by atoms with Crippen molar-refractivity contribution in [2.24, 2.45) is 0 Å². The summed E-state index contributed by atoms with van der Waals surface area (Å²) >= 11 is 3.41. The molecule has 1 aromatic rings. The molecule has 0 fully saturated rings. The minimum Gasteiger partial charge on any atom is -0.383 e. The predicted molar refractivity (Wildman–Crippen MR) is 62.1 cm³/mol. The molecular weight excluding hydrogens is 299 g/mol. The maximum atomic E-state index is 11.1. The van der Waals surface area contributed by atoms with Crippen molar-refractivity contribution in [1.82, 2.24) is 0 Å². The summed E-state index contributed by atoms with van der Waals surface area (Å²) in [5, 5.41) is 11.6. The molecular formula is C9H9IO2S. The smallest absolute Gasteiger partial charge is 0.159 e. The molecule has 1 unspecified atom stereocenters. The Bertz CT molecular complexity index is 316. The normalized spacial score (nSPS) is 14.2. The number of aliphatic hydroxyl groups is 1. The molecule has 0 aliphatic rings. The highest BCUT2D eigenvalue weighted by Crippen LogP contribution is 2.26. The average Bonchev–Trinajstić information content (AvgIpc) is 2.56. The first-order chi connectivity index (χ1) is 6.16. The molecule has 13 heavy (non-hydrogen) atoms. The molecule has 1 rings (SSSR count). The first-order valence-electron chi connectivity index (χ1n) is 3.69. The zero-order valence-corrected chi connectivity index (χ0v) is 10.0. The molecule has 0 amide bonds. The van der Waals surface area contributed by atoms with E-state index >= 15 is 0 Å². The van der Waals surface area contributed by atoms with E-state index < -0.39 is 6.10 Å². The number of carbonyl (C=O) groups is 1. The second-order valence-electron chi connectivity index (χ2n) is 2.54. The Hall–Kier alpha value is -0.200. The lowest BCUT2D eigenvalue weighted by molar-refractivity contribution is -0.114. The Morgan fingerprint density at radius 2 is 2.46 bits per heavy atom. The van der Waals surface area contributed by atoms with Crippen LogP contribution < -0.4 is 0 Å². The van der Waals surface area contributed by atoms with Gasteiger partial charge >= 0.3 is 0 Å². The van der Waals surface area contributed by atoms with Crippen LogP contribution in [0, 0.1) is 0 Å². The lowest BCUT2D eigenvalue weighted by Crippen LogP contribution is -2.06. The van der Waals surface area contributed by atoms with Crippen LogP contribution in [0.2, 0.25) is 0 Å². The van der Waals surface area contributed by atoms with Gasteiger partial charge in [-0.25, -0.2) is 0 Å². The van der Waals surface area contributed by atoms with E-state index in [2.05, 4.69) is 0 Å². The molecule has 1 aromatic heterocycles. The SMILES string of the molecule is CC(=O)/C(=C\I)C(O)c1cccs1. The van der Waals surface area contributed by atoms with Crippen LogP contribution in [-0.4, -0.2) is 10.9 Å². The third-order valence-corrected chi connectivity index (χ3v) is 3.23. The van der Waals surface area contributed by atoms with Crippen molar-refractivity contribution in [1.29, 1.82) is 0 Å². The molecule has 0 radical (unpaired) electrons. The number of thiophene rings is 1. The van der Waals surface area contributed by atoms with Crippen LogP contribution in [0.15, 0.2) is 27.2 Å². The second-order valence-corrected chi connectivity index (χ2v) is 4.14. The number of halogens is 1. The average molecular weight is 308 g/mol. The van der Waals surface area contributed by atoms with Gasteiger partial charge in [0.15, 0.2) is 5.78 Å². The lowest BCUT2D eigenvalue weighted by Gasteiger charge is -2.08. The van der Waals surface area contributed by atoms with Gasteiger partial charge in [-0.2, -0.15) is 0 Å². The number of hydrogen-bond acceptors (Lipinski definition) is 3. The number of aliphatic hydroxyl groups excluding tert-OH is 1. The van der Waals surface area contributed by atoms with Gasteiger partial charge in [0.05, 0.1) is 0 Å². The lowest BCUT2D eigenvalue weighted by atomic mass is 10.1. The molecule has 70 valence electrons. The predicted octanol–water partition coefficient (Wildman–Crippen LogP) is 2.69. The van der Waals surface area contributed by atoms with E-state index in [9.17, 15) is 9.90 Å². The van der Waals surface area contributed by atoms with Crippen molar-refractivity contribution in [3.05, 3.63) is 32.0 Å². The molecule has 0 saturated heterocycles. The summed E-state index contributed by atoms with van der Waals surface area (Å²) in [5.41, 5.74) is 0.447. The van der Waals surface area contributed by atoms with Crippen LogP contribution in [0.3, 0.4) is 0 Å². The van der Waals surface area contributed by atoms with E-state index in [1.807, 2.05) is 40.1 Å². The molecule has 0 spiro atoms. The fourth-order valence-corrected chi connectivity index (χ4v) is 2.44. The quantitative estimate of drug-likeness (QED) is 0.688. The fourth-order valence-electron chi connectivity index (χ4n) is 0.929. The Labute approximate surface area is 94.4 Å². The summed E-state index contributed by atoms with van der Waals surface area (Å²) in [5.74, 6) is -0.0877. The number of hydrogen-bond donors (Lipinski definition) is 1. The highest BCUT2D eigenvalue weighted by Gasteiger charge is 2.17. The number of carbonyl (C=O) groups excluding carboxylic acids is 1. The Morgan fingerprint density at radius 3 is 2.85 bits per heavy atom. The standard InChI is InChI=1S/C9H9IO2S/c1-6(11)7(5-10)9(12)8-3-2-4-13-8/h2-5,9,12H,1H3/b7-5+. The van der Waals surface area contributed by atoms with Gasteiger partial charge in [-0.3, -0.25) is 4.79 Å². The summed E-state index contributed by atoms with van der Waals surface area (Å²) in [6.07, 6.45) is -0.769. The van der Waals surface area contributed by atoms with E-state index in [0.717, 1.165) is 4.88 Å². The van der Waals surface area contributed by atoms with E-state index in [1.54, 1.807) is 4.08 Å². The highest BCUT2D eigenvalue weighted by molar-refractivity contribution is 14.1. The summed E-state index contributed by atoms with van der Waals surface area (Å²) in [4.78, 5) is 11.9. The van der Waals surface area contributed by atoms with Gasteiger partial charge in [-0.05, 0) is 22.5 Å². The van der Waals surface area contributed by atoms with Crippen molar-refractivity contribution in [2.75, 3.05) is 0 Å². The molecule has 1 atom stereocenters. The maximum Gasteiger partial charge on any atom is 0.159 e. The van der Waals surface area contributed by atoms with Crippen LogP contribution in [0.1, 0.15) is 17.9 Å². The summed E-state index contributed by atoms with van der Waals surface area (Å²) in [7, 11) is 0. The molecule has 2 nitrogen and oxygen atoms in total. The van der Waals surface area contributed by atoms with Crippen molar-refractivity contribution in [3.8, 4) is 0 Å². The Balaban J connectivity index is 2.90. The minimum atomic E-state index is -0.769. The molecule has 1 heterocycles. The Kier molecular flexibility index (Phi) is 4.08. The molecule has 1 N–H and O–H groups in total. The summed E-state index contributed by atoms with van der Waals surface area (Å²) in [6.45, 7) is 1.46. The van der Waals surface area contributed by atoms with Crippen LogP contribution in [0.5, 0.6) is 0 Å². The molecule has 0 bridgehead atoms. The summed E-state index contributed by atoms with van der Waals surface area (Å²) in [6, 6.07) is 3.67. The summed E-state index contributed by atoms with van der Waals surface area (Å²) < 4.78 is 1.63. The first-order valence-corrected chi connectivity index (χ1v) is 5.82. The van der Waals surface area contributed by atoms with Gasteiger partial charge in [0.25, 0.3) is 0 Å². The third-order valence-electron chi connectivity index (χ3n) is 1.63. The van der Waals surface area contributed by atoms with E-state index in [4.69, 9.17) is 0 Å². The fraction of sp³-hybridized carbons (Fsp3) is 0.222. The van der Waals surface area contributed by atoms with Crippen molar-refractivity contribution < 1.29 is 9.90 Å². The van der Waals surface area contributed by atoms with E-state index in [0.29, 0.717) is 5.57 Å². The monoisotopic (exact) mass is 308 g/mol. The van der Waals surface area contributed by atoms with Crippen molar-refractivity contribution in [3.63, 3.8) is 0 Å². The number of rotatable bonds is 3. The third kappa shape index (κ3) is 2.62. The number of Topliss-reactive ketones (excluding diaryl/α,β-unsaturated/α-hetero) is 1. The van der Waals surface area contributed by atoms with Gasteiger partial charge in [0.2, 0.25) is 0 Å². The van der Waals surface area contributed by atoms with Gasteiger partial charge in [-0.1, -0.05) is 28.7 Å². The molecule has 0 aromatic carbocycles. The van der Waals surface area contributed by atoms with Gasteiger partial charge < -0.3 is 5.11 Å². The largest absolute Gasteiger partial charge is 0.383 e. The van der Waals surface area contributed by atoms with Crippen LogP contribution in [-0.2, 0) is 4.79 Å². The van der Waals surface area contributed by atoms with E-state index in [1.165, 1.54) is 18.3 Å². The van der Waals surface area contributed by atoms with Gasteiger partial charge in [0, 0.05) is 10.5 Å².